The Labute approximate surface area is 154 Å². The molecule has 2 rings (SSSR count). The zero-order valence-corrected chi connectivity index (χ0v) is 15.4. The van der Waals surface area contributed by atoms with E-state index in [1.54, 1.807) is 0 Å². The van der Waals surface area contributed by atoms with Crippen LogP contribution in [-0.4, -0.2) is 23.8 Å². The summed E-state index contributed by atoms with van der Waals surface area (Å²) in [5.41, 5.74) is 6.48. The molecule has 1 saturated carbocycles. The average molecular weight is 359 g/mol. The van der Waals surface area contributed by atoms with Crippen LogP contribution >= 0.6 is 0 Å². The lowest BCUT2D eigenvalue weighted by Gasteiger charge is -2.28. The quantitative estimate of drug-likeness (QED) is 0.663. The summed E-state index contributed by atoms with van der Waals surface area (Å²) < 4.78 is 0. The molecule has 0 radical (unpaired) electrons. The largest absolute Gasteiger partial charge is 0.368 e. The van der Waals surface area contributed by atoms with Gasteiger partial charge in [0.25, 0.3) is 0 Å². The van der Waals surface area contributed by atoms with Crippen LogP contribution in [0.1, 0.15) is 63.5 Å². The van der Waals surface area contributed by atoms with Gasteiger partial charge in [-0.05, 0) is 31.2 Å². The molecular weight excluding hydrogens is 330 g/mol. The first-order valence-corrected chi connectivity index (χ1v) is 9.40. The van der Waals surface area contributed by atoms with Crippen LogP contribution in [0.2, 0.25) is 0 Å². The van der Waals surface area contributed by atoms with Crippen LogP contribution in [-0.2, 0) is 14.4 Å². The van der Waals surface area contributed by atoms with Crippen molar-refractivity contribution in [3.63, 3.8) is 0 Å². The van der Waals surface area contributed by atoms with E-state index in [4.69, 9.17) is 5.73 Å². The summed E-state index contributed by atoms with van der Waals surface area (Å²) in [6, 6.07) is 8.89. The van der Waals surface area contributed by atoms with E-state index < -0.39 is 11.9 Å². The lowest BCUT2D eigenvalue weighted by Crippen LogP contribution is -2.49. The summed E-state index contributed by atoms with van der Waals surface area (Å²) in [6.07, 6.45) is 5.22. The van der Waals surface area contributed by atoms with Gasteiger partial charge >= 0.3 is 0 Å². The number of hydrogen-bond acceptors (Lipinski definition) is 3. The van der Waals surface area contributed by atoms with E-state index in [-0.39, 0.29) is 36.6 Å². The molecule has 1 aliphatic rings. The molecule has 6 nitrogen and oxygen atoms in total. The number of amides is 3. The van der Waals surface area contributed by atoms with E-state index in [1.807, 2.05) is 37.3 Å². The Morgan fingerprint density at radius 1 is 1.00 bits per heavy atom. The smallest absolute Gasteiger partial charge is 0.240 e. The van der Waals surface area contributed by atoms with E-state index in [1.165, 1.54) is 0 Å². The molecule has 0 spiro atoms. The van der Waals surface area contributed by atoms with Gasteiger partial charge in [0.05, 0.1) is 6.04 Å². The number of rotatable bonds is 8. The van der Waals surface area contributed by atoms with Crippen LogP contribution < -0.4 is 16.4 Å². The molecule has 0 unspecified atom stereocenters. The van der Waals surface area contributed by atoms with Crippen LogP contribution in [0, 0.1) is 5.92 Å². The van der Waals surface area contributed by atoms with Crippen molar-refractivity contribution in [1.29, 1.82) is 0 Å². The van der Waals surface area contributed by atoms with Gasteiger partial charge in [0.2, 0.25) is 17.7 Å². The molecule has 1 aromatic carbocycles. The molecule has 3 amide bonds. The zero-order chi connectivity index (χ0) is 18.9. The van der Waals surface area contributed by atoms with Crippen LogP contribution in [0.3, 0.4) is 0 Å². The minimum absolute atomic E-state index is 0.0455. The first kappa shape index (κ1) is 19.9. The highest BCUT2D eigenvalue weighted by molar-refractivity contribution is 5.88. The van der Waals surface area contributed by atoms with E-state index in [2.05, 4.69) is 10.6 Å². The minimum atomic E-state index is -0.630. The molecule has 0 heterocycles. The highest BCUT2D eigenvalue weighted by Gasteiger charge is 2.29. The fourth-order valence-electron chi connectivity index (χ4n) is 3.50. The molecule has 142 valence electrons. The third-order valence-corrected chi connectivity index (χ3v) is 5.00. The van der Waals surface area contributed by atoms with Crippen molar-refractivity contribution < 1.29 is 14.4 Å². The fourth-order valence-corrected chi connectivity index (χ4v) is 3.50. The monoisotopic (exact) mass is 359 g/mol. The number of nitrogens with one attached hydrogen (secondary N) is 2. The van der Waals surface area contributed by atoms with Gasteiger partial charge in [0, 0.05) is 12.8 Å². The van der Waals surface area contributed by atoms with E-state index in [9.17, 15) is 14.4 Å². The second-order valence-corrected chi connectivity index (χ2v) is 7.05. The number of nitrogens with two attached hydrogens (primary N) is 1. The van der Waals surface area contributed by atoms with Gasteiger partial charge < -0.3 is 16.4 Å². The molecule has 1 aliphatic carbocycles. The zero-order valence-electron chi connectivity index (χ0n) is 15.4. The molecule has 0 saturated heterocycles. The summed E-state index contributed by atoms with van der Waals surface area (Å²) >= 11 is 0. The van der Waals surface area contributed by atoms with Crippen molar-refractivity contribution >= 4 is 17.7 Å². The molecule has 26 heavy (non-hydrogen) atoms. The number of carbonyl (C=O) groups is 3. The Morgan fingerprint density at radius 3 is 2.15 bits per heavy atom. The first-order chi connectivity index (χ1) is 12.5. The Balaban J connectivity index is 1.77. The molecule has 1 fully saturated rings. The third-order valence-electron chi connectivity index (χ3n) is 5.00. The van der Waals surface area contributed by atoms with Gasteiger partial charge in [-0.3, -0.25) is 14.4 Å². The number of primary amides is 1. The Kier molecular flexibility index (Phi) is 7.63. The van der Waals surface area contributed by atoms with Crippen molar-refractivity contribution in [2.75, 3.05) is 0 Å². The van der Waals surface area contributed by atoms with Gasteiger partial charge in [0.15, 0.2) is 0 Å². The van der Waals surface area contributed by atoms with Gasteiger partial charge in [-0.25, -0.2) is 0 Å². The summed E-state index contributed by atoms with van der Waals surface area (Å²) in [5, 5.41) is 5.61. The van der Waals surface area contributed by atoms with E-state index in [0.29, 0.717) is 0 Å². The molecule has 0 aliphatic heterocycles. The lowest BCUT2D eigenvalue weighted by molar-refractivity contribution is -0.130. The van der Waals surface area contributed by atoms with Crippen molar-refractivity contribution in [3.8, 4) is 0 Å². The Hall–Kier alpha value is -2.37. The Bertz CT molecular complexity index is 612. The van der Waals surface area contributed by atoms with Crippen LogP contribution in [0.25, 0.3) is 0 Å². The topological polar surface area (TPSA) is 101 Å². The summed E-state index contributed by atoms with van der Waals surface area (Å²) in [6.45, 7) is 1.90. The van der Waals surface area contributed by atoms with E-state index in [0.717, 1.165) is 37.7 Å². The van der Waals surface area contributed by atoms with E-state index >= 15 is 0 Å². The van der Waals surface area contributed by atoms with Crippen LogP contribution in [0.5, 0.6) is 0 Å². The van der Waals surface area contributed by atoms with Crippen molar-refractivity contribution in [2.24, 2.45) is 11.7 Å². The molecule has 6 heteroatoms. The van der Waals surface area contributed by atoms with Crippen LogP contribution in [0.15, 0.2) is 30.3 Å². The van der Waals surface area contributed by atoms with Gasteiger partial charge in [-0.15, -0.1) is 0 Å². The maximum atomic E-state index is 12.2. The van der Waals surface area contributed by atoms with Crippen LogP contribution in [0.4, 0.5) is 0 Å². The number of hydrogen-bond donors (Lipinski definition) is 3. The van der Waals surface area contributed by atoms with Gasteiger partial charge in [-0.1, -0.05) is 49.6 Å². The normalized spacial score (nSPS) is 17.1. The second kappa shape index (κ2) is 9.94. The molecule has 0 bridgehead atoms. The van der Waals surface area contributed by atoms with Crippen molar-refractivity contribution in [1.82, 2.24) is 10.6 Å². The summed E-state index contributed by atoms with van der Waals surface area (Å²) in [4.78, 5) is 35.9. The summed E-state index contributed by atoms with van der Waals surface area (Å²) in [5.74, 6) is -0.879. The third kappa shape index (κ3) is 6.17. The second-order valence-electron chi connectivity index (χ2n) is 7.05. The summed E-state index contributed by atoms with van der Waals surface area (Å²) in [7, 11) is 0. The molecule has 4 N–H and O–H groups in total. The maximum absolute atomic E-state index is 12.2. The highest BCUT2D eigenvalue weighted by atomic mass is 16.2. The number of benzene rings is 1. The molecule has 2 atom stereocenters. The van der Waals surface area contributed by atoms with Crippen molar-refractivity contribution in [2.45, 2.75) is 64.0 Å². The molecule has 1 aromatic rings. The van der Waals surface area contributed by atoms with Crippen molar-refractivity contribution in [3.05, 3.63) is 35.9 Å². The number of carbonyl (C=O) groups excluding carboxylic acids is 3. The lowest BCUT2D eigenvalue weighted by atomic mass is 9.83. The standard InChI is InChI=1S/C20H29N3O3/c1-14(15-8-4-2-5-9-15)22-17(24)12-13-18(25)23-19(20(21)26)16-10-6-3-7-11-16/h2,4-5,8-9,14,16,19H,3,6-7,10-13H2,1H3,(H2,21,26)(H,22,24)(H,23,25)/t14-,19-/m1/s1. The first-order valence-electron chi connectivity index (χ1n) is 9.40. The molecular formula is C20H29N3O3. The molecule has 0 aromatic heterocycles. The average Bonchev–Trinajstić information content (AvgIpc) is 2.65. The SMILES string of the molecule is C[C@@H](NC(=O)CCC(=O)N[C@@H](C(N)=O)C1CCCCC1)c1ccccc1. The Morgan fingerprint density at radius 2 is 1.58 bits per heavy atom. The van der Waals surface area contributed by atoms with Gasteiger partial charge in [-0.2, -0.15) is 0 Å². The maximum Gasteiger partial charge on any atom is 0.240 e. The predicted octanol–water partition coefficient (Wildman–Crippen LogP) is 2.19. The fraction of sp³-hybridized carbons (Fsp3) is 0.550. The minimum Gasteiger partial charge on any atom is -0.368 e. The predicted molar refractivity (Wildman–Crippen MR) is 99.9 cm³/mol. The highest BCUT2D eigenvalue weighted by Crippen LogP contribution is 2.26. The van der Waals surface area contributed by atoms with Gasteiger partial charge in [0.1, 0.15) is 6.04 Å².